The van der Waals surface area contributed by atoms with Crippen molar-refractivity contribution < 1.29 is 9.53 Å². The third-order valence-corrected chi connectivity index (χ3v) is 3.77. The van der Waals surface area contributed by atoms with Gasteiger partial charge >= 0.3 is 0 Å². The monoisotopic (exact) mass is 261 g/mol. The summed E-state index contributed by atoms with van der Waals surface area (Å²) in [6.45, 7) is 0. The van der Waals surface area contributed by atoms with Crippen molar-refractivity contribution in [1.29, 1.82) is 0 Å². The summed E-state index contributed by atoms with van der Waals surface area (Å²) >= 11 is 0. The highest BCUT2D eigenvalue weighted by atomic mass is 16.5. The van der Waals surface area contributed by atoms with E-state index in [0.29, 0.717) is 11.6 Å². The largest absolute Gasteiger partial charge is 0.497 e. The molecule has 3 heteroatoms. The van der Waals surface area contributed by atoms with E-state index >= 15 is 0 Å². The van der Waals surface area contributed by atoms with E-state index in [2.05, 4.69) is 5.32 Å². The first-order valence-corrected chi connectivity index (χ1v) is 7.24. The minimum absolute atomic E-state index is 0.0180. The molecule has 1 fully saturated rings. The lowest BCUT2D eigenvalue weighted by atomic mass is 9.96. The van der Waals surface area contributed by atoms with Gasteiger partial charge in [0.2, 0.25) is 0 Å². The van der Waals surface area contributed by atoms with Crippen LogP contribution in [0.3, 0.4) is 0 Å². The molecule has 0 unspecified atom stereocenters. The van der Waals surface area contributed by atoms with Gasteiger partial charge in [-0.05, 0) is 31.0 Å². The summed E-state index contributed by atoms with van der Waals surface area (Å²) in [6, 6.07) is 7.66. The summed E-state index contributed by atoms with van der Waals surface area (Å²) in [7, 11) is 1.62. The number of nitrogens with one attached hydrogen (secondary N) is 1. The van der Waals surface area contributed by atoms with Crippen LogP contribution in [-0.4, -0.2) is 19.1 Å². The van der Waals surface area contributed by atoms with E-state index in [-0.39, 0.29) is 5.91 Å². The molecule has 0 atom stereocenters. The van der Waals surface area contributed by atoms with E-state index in [4.69, 9.17) is 4.74 Å². The molecule has 1 saturated carbocycles. The standard InChI is InChI=1S/C16H23NO2/c1-19-15-11-7-8-13(12-15)16(18)17-14-9-5-3-2-4-6-10-14/h7-8,11-12,14H,2-6,9-10H2,1H3,(H,17,18). The van der Waals surface area contributed by atoms with Crippen LogP contribution in [0, 0.1) is 0 Å². The zero-order valence-electron chi connectivity index (χ0n) is 11.7. The molecule has 0 spiro atoms. The van der Waals surface area contributed by atoms with Crippen molar-refractivity contribution in [2.75, 3.05) is 7.11 Å². The minimum atomic E-state index is 0.0180. The maximum Gasteiger partial charge on any atom is 0.251 e. The molecule has 0 bridgehead atoms. The Morgan fingerprint density at radius 1 is 1.16 bits per heavy atom. The smallest absolute Gasteiger partial charge is 0.251 e. The lowest BCUT2D eigenvalue weighted by Crippen LogP contribution is -2.35. The molecule has 3 nitrogen and oxygen atoms in total. The second-order valence-electron chi connectivity index (χ2n) is 5.25. The van der Waals surface area contributed by atoms with E-state index in [1.807, 2.05) is 18.2 Å². The molecule has 1 amide bonds. The van der Waals surface area contributed by atoms with E-state index in [9.17, 15) is 4.79 Å². The maximum atomic E-state index is 12.2. The van der Waals surface area contributed by atoms with Crippen LogP contribution in [0.2, 0.25) is 0 Å². The van der Waals surface area contributed by atoms with E-state index < -0.39 is 0 Å². The first kappa shape index (κ1) is 13.9. The average molecular weight is 261 g/mol. The van der Waals surface area contributed by atoms with Crippen molar-refractivity contribution in [3.05, 3.63) is 29.8 Å². The van der Waals surface area contributed by atoms with Crippen molar-refractivity contribution in [3.63, 3.8) is 0 Å². The van der Waals surface area contributed by atoms with Crippen molar-refractivity contribution in [2.45, 2.75) is 51.0 Å². The van der Waals surface area contributed by atoms with Gasteiger partial charge in [0.15, 0.2) is 0 Å². The van der Waals surface area contributed by atoms with Crippen LogP contribution in [0.5, 0.6) is 5.75 Å². The number of methoxy groups -OCH3 is 1. The highest BCUT2D eigenvalue weighted by Crippen LogP contribution is 2.18. The first-order chi connectivity index (χ1) is 9.29. The fraction of sp³-hybridized carbons (Fsp3) is 0.562. The minimum Gasteiger partial charge on any atom is -0.497 e. The molecule has 1 aliphatic rings. The normalized spacial score (nSPS) is 17.3. The summed E-state index contributed by atoms with van der Waals surface area (Å²) < 4.78 is 5.15. The number of amides is 1. The summed E-state index contributed by atoms with van der Waals surface area (Å²) in [5.41, 5.74) is 0.682. The second kappa shape index (κ2) is 7.17. The van der Waals surface area contributed by atoms with Gasteiger partial charge in [-0.25, -0.2) is 0 Å². The molecular formula is C16H23NO2. The molecule has 1 aliphatic carbocycles. The van der Waals surface area contributed by atoms with Crippen LogP contribution in [0.4, 0.5) is 0 Å². The molecule has 1 N–H and O–H groups in total. The summed E-state index contributed by atoms with van der Waals surface area (Å²) in [5, 5.41) is 3.16. The quantitative estimate of drug-likeness (QED) is 0.903. The Hall–Kier alpha value is -1.51. The van der Waals surface area contributed by atoms with Crippen LogP contribution < -0.4 is 10.1 Å². The number of hydrogen-bond acceptors (Lipinski definition) is 2. The molecule has 0 saturated heterocycles. The molecule has 19 heavy (non-hydrogen) atoms. The van der Waals surface area contributed by atoms with Gasteiger partial charge in [0.1, 0.15) is 5.75 Å². The molecule has 0 heterocycles. The van der Waals surface area contributed by atoms with Crippen LogP contribution in [0.15, 0.2) is 24.3 Å². The predicted molar refractivity (Wildman–Crippen MR) is 76.6 cm³/mol. The third-order valence-electron chi connectivity index (χ3n) is 3.77. The first-order valence-electron chi connectivity index (χ1n) is 7.24. The fourth-order valence-corrected chi connectivity index (χ4v) is 2.63. The number of carbonyl (C=O) groups excluding carboxylic acids is 1. The highest BCUT2D eigenvalue weighted by Gasteiger charge is 2.15. The fourth-order valence-electron chi connectivity index (χ4n) is 2.63. The molecule has 0 radical (unpaired) electrons. The van der Waals surface area contributed by atoms with E-state index in [1.54, 1.807) is 13.2 Å². The van der Waals surface area contributed by atoms with Gasteiger partial charge in [-0.3, -0.25) is 4.79 Å². The second-order valence-corrected chi connectivity index (χ2v) is 5.25. The van der Waals surface area contributed by atoms with Crippen LogP contribution in [0.1, 0.15) is 55.3 Å². The molecule has 1 aromatic rings. The Morgan fingerprint density at radius 2 is 1.84 bits per heavy atom. The summed E-state index contributed by atoms with van der Waals surface area (Å²) in [6.07, 6.45) is 8.60. The number of rotatable bonds is 3. The van der Waals surface area contributed by atoms with Crippen LogP contribution in [-0.2, 0) is 0 Å². The third kappa shape index (κ3) is 4.27. The Labute approximate surface area is 115 Å². The van der Waals surface area contributed by atoms with Crippen LogP contribution in [0.25, 0.3) is 0 Å². The number of hydrogen-bond donors (Lipinski definition) is 1. The van der Waals surface area contributed by atoms with Crippen molar-refractivity contribution in [1.82, 2.24) is 5.32 Å². The van der Waals surface area contributed by atoms with E-state index in [0.717, 1.165) is 18.6 Å². The van der Waals surface area contributed by atoms with Crippen LogP contribution >= 0.6 is 0 Å². The van der Waals surface area contributed by atoms with Gasteiger partial charge in [-0.1, -0.05) is 38.2 Å². The summed E-state index contributed by atoms with van der Waals surface area (Å²) in [5.74, 6) is 0.745. The SMILES string of the molecule is COc1cccc(C(=O)NC2CCCCCCC2)c1. The highest BCUT2D eigenvalue weighted by molar-refractivity contribution is 5.94. The zero-order chi connectivity index (χ0) is 13.5. The Kier molecular flexibility index (Phi) is 5.25. The molecule has 0 aromatic heterocycles. The van der Waals surface area contributed by atoms with Crippen molar-refractivity contribution >= 4 is 5.91 Å². The summed E-state index contributed by atoms with van der Waals surface area (Å²) in [4.78, 5) is 12.2. The molecule has 104 valence electrons. The van der Waals surface area contributed by atoms with Gasteiger partial charge in [-0.15, -0.1) is 0 Å². The molecular weight excluding hydrogens is 238 g/mol. The number of carbonyl (C=O) groups is 1. The average Bonchev–Trinajstić information content (AvgIpc) is 2.41. The lowest BCUT2D eigenvalue weighted by Gasteiger charge is -2.21. The van der Waals surface area contributed by atoms with Gasteiger partial charge in [0, 0.05) is 11.6 Å². The molecule has 2 rings (SSSR count). The zero-order valence-corrected chi connectivity index (χ0v) is 11.7. The molecule has 0 aliphatic heterocycles. The van der Waals surface area contributed by atoms with Crippen molar-refractivity contribution in [3.8, 4) is 5.75 Å². The van der Waals surface area contributed by atoms with Gasteiger partial charge in [0.05, 0.1) is 7.11 Å². The Bertz CT molecular complexity index is 409. The predicted octanol–water partition coefficient (Wildman–Crippen LogP) is 3.54. The van der Waals surface area contributed by atoms with E-state index in [1.165, 1.54) is 32.1 Å². The number of benzene rings is 1. The van der Waals surface area contributed by atoms with Gasteiger partial charge < -0.3 is 10.1 Å². The Balaban J connectivity index is 1.94. The van der Waals surface area contributed by atoms with Gasteiger partial charge in [0.25, 0.3) is 5.91 Å². The van der Waals surface area contributed by atoms with Gasteiger partial charge in [-0.2, -0.15) is 0 Å². The maximum absolute atomic E-state index is 12.2. The lowest BCUT2D eigenvalue weighted by molar-refractivity contribution is 0.0930. The number of ether oxygens (including phenoxy) is 1. The Morgan fingerprint density at radius 3 is 2.53 bits per heavy atom. The molecule has 1 aromatic carbocycles. The van der Waals surface area contributed by atoms with Crippen molar-refractivity contribution in [2.24, 2.45) is 0 Å². The topological polar surface area (TPSA) is 38.3 Å².